The SMILES string of the molecule is CS[C@@H]1CCC[C@@H]1N(C)C(=O)N[C@@H](C)Cn1ccnc1. The summed E-state index contributed by atoms with van der Waals surface area (Å²) in [6.45, 7) is 2.77. The Bertz CT molecular complexity index is 423. The van der Waals surface area contributed by atoms with Crippen molar-refractivity contribution in [3.05, 3.63) is 18.7 Å². The quantitative estimate of drug-likeness (QED) is 0.906. The molecule has 0 aromatic carbocycles. The van der Waals surface area contributed by atoms with E-state index in [9.17, 15) is 4.79 Å². The van der Waals surface area contributed by atoms with Gasteiger partial charge in [-0.05, 0) is 26.0 Å². The number of rotatable bonds is 5. The molecule has 3 atom stereocenters. The van der Waals surface area contributed by atoms with Gasteiger partial charge in [0.25, 0.3) is 0 Å². The molecule has 1 heterocycles. The van der Waals surface area contributed by atoms with E-state index in [1.54, 1.807) is 12.5 Å². The summed E-state index contributed by atoms with van der Waals surface area (Å²) in [4.78, 5) is 18.2. The summed E-state index contributed by atoms with van der Waals surface area (Å²) in [5.74, 6) is 0. The lowest BCUT2D eigenvalue weighted by molar-refractivity contribution is 0.187. The molecular weight excluding hydrogens is 272 g/mol. The van der Waals surface area contributed by atoms with E-state index >= 15 is 0 Å². The zero-order valence-corrected chi connectivity index (χ0v) is 13.3. The van der Waals surface area contributed by atoms with E-state index in [1.807, 2.05) is 41.4 Å². The van der Waals surface area contributed by atoms with E-state index in [4.69, 9.17) is 0 Å². The normalized spacial score (nSPS) is 23.6. The van der Waals surface area contributed by atoms with Crippen LogP contribution in [-0.2, 0) is 6.54 Å². The number of nitrogens with one attached hydrogen (secondary N) is 1. The summed E-state index contributed by atoms with van der Waals surface area (Å²) in [7, 11) is 1.92. The number of nitrogens with zero attached hydrogens (tertiary/aromatic N) is 3. The standard InChI is InChI=1S/C14H24N4OS/c1-11(9-18-8-7-15-10-18)16-14(19)17(2)12-5-4-6-13(12)20-3/h7-8,10-13H,4-6,9H2,1-3H3,(H,16,19)/t11-,12-,13+/m0/s1. The fourth-order valence-electron chi connectivity index (χ4n) is 2.84. The van der Waals surface area contributed by atoms with Crippen molar-refractivity contribution in [2.45, 2.75) is 50.1 Å². The molecule has 0 saturated heterocycles. The topological polar surface area (TPSA) is 50.2 Å². The molecule has 5 nitrogen and oxygen atoms in total. The second kappa shape index (κ2) is 7.02. The number of carbonyl (C=O) groups excluding carboxylic acids is 1. The van der Waals surface area contributed by atoms with Gasteiger partial charge in [0.1, 0.15) is 0 Å². The van der Waals surface area contributed by atoms with E-state index in [0.717, 1.165) is 13.0 Å². The van der Waals surface area contributed by atoms with Gasteiger partial charge < -0.3 is 14.8 Å². The van der Waals surface area contributed by atoms with Crippen molar-refractivity contribution < 1.29 is 4.79 Å². The summed E-state index contributed by atoms with van der Waals surface area (Å²) in [6, 6.07) is 0.488. The van der Waals surface area contributed by atoms with Crippen LogP contribution in [-0.4, -0.2) is 51.1 Å². The van der Waals surface area contributed by atoms with Crippen LogP contribution in [0.1, 0.15) is 26.2 Å². The second-order valence-electron chi connectivity index (χ2n) is 5.49. The van der Waals surface area contributed by atoms with Crippen molar-refractivity contribution in [2.24, 2.45) is 0 Å². The summed E-state index contributed by atoms with van der Waals surface area (Å²) >= 11 is 1.87. The van der Waals surface area contributed by atoms with Gasteiger partial charge in [0, 0.05) is 43.3 Å². The molecule has 1 fully saturated rings. The Morgan fingerprint density at radius 3 is 3.05 bits per heavy atom. The molecule has 0 spiro atoms. The van der Waals surface area contributed by atoms with Crippen molar-refractivity contribution in [2.75, 3.05) is 13.3 Å². The highest BCUT2D eigenvalue weighted by Gasteiger charge is 2.32. The molecule has 1 aromatic rings. The smallest absolute Gasteiger partial charge is 0.317 e. The van der Waals surface area contributed by atoms with Crippen LogP contribution in [0.5, 0.6) is 0 Å². The molecule has 20 heavy (non-hydrogen) atoms. The Morgan fingerprint density at radius 1 is 1.60 bits per heavy atom. The van der Waals surface area contributed by atoms with Crippen molar-refractivity contribution in [1.82, 2.24) is 19.8 Å². The first-order chi connectivity index (χ1) is 9.61. The number of aromatic nitrogens is 2. The molecular formula is C14H24N4OS. The first kappa shape index (κ1) is 15.2. The molecule has 1 aliphatic rings. The number of hydrogen-bond donors (Lipinski definition) is 1. The van der Waals surface area contributed by atoms with Crippen molar-refractivity contribution in [3.63, 3.8) is 0 Å². The summed E-state index contributed by atoms with van der Waals surface area (Å²) in [6.07, 6.45) is 11.1. The fourth-order valence-corrected chi connectivity index (χ4v) is 3.88. The summed E-state index contributed by atoms with van der Waals surface area (Å²) in [5.41, 5.74) is 0. The molecule has 112 valence electrons. The van der Waals surface area contributed by atoms with Crippen LogP contribution < -0.4 is 5.32 Å². The molecule has 2 amide bonds. The lowest BCUT2D eigenvalue weighted by atomic mass is 10.2. The van der Waals surface area contributed by atoms with E-state index in [2.05, 4.69) is 16.6 Å². The number of carbonyl (C=O) groups is 1. The zero-order valence-electron chi connectivity index (χ0n) is 12.5. The first-order valence-corrected chi connectivity index (χ1v) is 8.42. The maximum absolute atomic E-state index is 12.3. The van der Waals surface area contributed by atoms with Gasteiger partial charge in [-0.2, -0.15) is 11.8 Å². The second-order valence-corrected chi connectivity index (χ2v) is 6.57. The Kier molecular flexibility index (Phi) is 5.34. The molecule has 1 saturated carbocycles. The maximum Gasteiger partial charge on any atom is 0.317 e. The molecule has 1 N–H and O–H groups in total. The van der Waals surface area contributed by atoms with E-state index in [-0.39, 0.29) is 12.1 Å². The van der Waals surface area contributed by atoms with E-state index in [0.29, 0.717) is 11.3 Å². The lowest BCUT2D eigenvalue weighted by Crippen LogP contribution is -2.49. The monoisotopic (exact) mass is 296 g/mol. The zero-order chi connectivity index (χ0) is 14.5. The van der Waals surface area contributed by atoms with Crippen molar-refractivity contribution in [3.8, 4) is 0 Å². The molecule has 0 unspecified atom stereocenters. The predicted octanol–water partition coefficient (Wildman–Crippen LogP) is 2.20. The van der Waals surface area contributed by atoms with E-state index in [1.165, 1.54) is 12.8 Å². The van der Waals surface area contributed by atoms with Crippen molar-refractivity contribution >= 4 is 17.8 Å². The number of hydrogen-bond acceptors (Lipinski definition) is 3. The Labute approximate surface area is 125 Å². The van der Waals surface area contributed by atoms with Gasteiger partial charge >= 0.3 is 6.03 Å². The Balaban J connectivity index is 1.84. The average molecular weight is 296 g/mol. The first-order valence-electron chi connectivity index (χ1n) is 7.13. The van der Waals surface area contributed by atoms with Crippen LogP contribution in [0, 0.1) is 0 Å². The maximum atomic E-state index is 12.3. The van der Waals surface area contributed by atoms with Gasteiger partial charge in [-0.25, -0.2) is 9.78 Å². The summed E-state index contributed by atoms with van der Waals surface area (Å²) in [5, 5.41) is 3.65. The molecule has 6 heteroatoms. The third-order valence-corrected chi connectivity index (χ3v) is 5.11. The Morgan fingerprint density at radius 2 is 2.40 bits per heavy atom. The minimum absolute atomic E-state index is 0.0311. The van der Waals surface area contributed by atoms with Gasteiger partial charge in [0.05, 0.1) is 6.33 Å². The highest BCUT2D eigenvalue weighted by atomic mass is 32.2. The van der Waals surface area contributed by atoms with Crippen molar-refractivity contribution in [1.29, 1.82) is 0 Å². The van der Waals surface area contributed by atoms with Crippen LogP contribution in [0.2, 0.25) is 0 Å². The third-order valence-electron chi connectivity index (χ3n) is 3.95. The number of urea groups is 1. The number of amides is 2. The largest absolute Gasteiger partial charge is 0.335 e. The van der Waals surface area contributed by atoms with Crippen LogP contribution in [0.15, 0.2) is 18.7 Å². The van der Waals surface area contributed by atoms with Crippen LogP contribution in [0.4, 0.5) is 4.79 Å². The van der Waals surface area contributed by atoms with Gasteiger partial charge in [-0.3, -0.25) is 0 Å². The Hall–Kier alpha value is -1.17. The fraction of sp³-hybridized carbons (Fsp3) is 0.714. The van der Waals surface area contributed by atoms with Crippen LogP contribution >= 0.6 is 11.8 Å². The van der Waals surface area contributed by atoms with Crippen LogP contribution in [0.3, 0.4) is 0 Å². The molecule has 0 radical (unpaired) electrons. The molecule has 0 bridgehead atoms. The molecule has 1 aliphatic carbocycles. The molecule has 0 aliphatic heterocycles. The average Bonchev–Trinajstić information content (AvgIpc) is 3.07. The lowest BCUT2D eigenvalue weighted by Gasteiger charge is -2.30. The van der Waals surface area contributed by atoms with Gasteiger partial charge in [0.15, 0.2) is 0 Å². The highest BCUT2D eigenvalue weighted by molar-refractivity contribution is 7.99. The van der Waals surface area contributed by atoms with Gasteiger partial charge in [-0.15, -0.1) is 0 Å². The number of thioether (sulfide) groups is 1. The van der Waals surface area contributed by atoms with Gasteiger partial charge in [-0.1, -0.05) is 6.42 Å². The molecule has 1 aromatic heterocycles. The minimum atomic E-state index is 0.0311. The van der Waals surface area contributed by atoms with E-state index < -0.39 is 0 Å². The number of imidazole rings is 1. The summed E-state index contributed by atoms with van der Waals surface area (Å²) < 4.78 is 1.98. The predicted molar refractivity (Wildman–Crippen MR) is 82.9 cm³/mol. The third kappa shape index (κ3) is 3.69. The van der Waals surface area contributed by atoms with Crippen LogP contribution in [0.25, 0.3) is 0 Å². The molecule has 2 rings (SSSR count). The van der Waals surface area contributed by atoms with Gasteiger partial charge in [0.2, 0.25) is 0 Å². The highest BCUT2D eigenvalue weighted by Crippen LogP contribution is 2.31. The minimum Gasteiger partial charge on any atom is -0.335 e.